The van der Waals surface area contributed by atoms with Gasteiger partial charge in [0.15, 0.2) is 0 Å². The maximum atomic E-state index is 12.3. The first-order chi connectivity index (χ1) is 14.0. The molecule has 1 heterocycles. The average molecular weight is 470 g/mol. The van der Waals surface area contributed by atoms with E-state index in [0.717, 1.165) is 32.9 Å². The Morgan fingerprint density at radius 2 is 1.93 bits per heavy atom. The maximum Gasteiger partial charge on any atom is 0.252 e. The molecule has 0 saturated carbocycles. The van der Waals surface area contributed by atoms with Crippen molar-refractivity contribution >= 4 is 39.8 Å². The van der Waals surface area contributed by atoms with E-state index in [4.69, 9.17) is 0 Å². The number of benzene rings is 2. The van der Waals surface area contributed by atoms with Gasteiger partial charge in [0.1, 0.15) is 0 Å². The summed E-state index contributed by atoms with van der Waals surface area (Å²) < 4.78 is 3.21. The van der Waals surface area contributed by atoms with Crippen molar-refractivity contribution in [3.05, 3.63) is 87.7 Å². The lowest BCUT2D eigenvalue weighted by molar-refractivity contribution is -0.120. The number of thioether (sulfide) groups is 1. The molecule has 1 N–H and O–H groups in total. The van der Waals surface area contributed by atoms with E-state index in [1.807, 2.05) is 37.3 Å². The smallest absolute Gasteiger partial charge is 0.252 e. The third-order valence-corrected chi connectivity index (χ3v) is 6.33. The highest BCUT2D eigenvalue weighted by Gasteiger charge is 2.13. The number of carbonyl (C=O) groups is 1. The van der Waals surface area contributed by atoms with E-state index in [1.165, 1.54) is 5.56 Å². The summed E-state index contributed by atoms with van der Waals surface area (Å²) in [5.74, 6) is 0.704. The van der Waals surface area contributed by atoms with Crippen molar-refractivity contribution in [3.63, 3.8) is 0 Å². The summed E-state index contributed by atoms with van der Waals surface area (Å²) in [6.45, 7) is 6.01. The predicted molar refractivity (Wildman–Crippen MR) is 126 cm³/mol. The van der Waals surface area contributed by atoms with Crippen LogP contribution >= 0.6 is 27.7 Å². The lowest BCUT2D eigenvalue weighted by Crippen LogP contribution is -2.27. The minimum Gasteiger partial charge on any atom is -0.318 e. The van der Waals surface area contributed by atoms with Gasteiger partial charge in [-0.25, -0.2) is 5.43 Å². The fraction of sp³-hybridized carbons (Fsp3) is 0.217. The number of hydrazone groups is 1. The molecule has 0 aliphatic carbocycles. The van der Waals surface area contributed by atoms with E-state index < -0.39 is 0 Å². The molecule has 0 unspecified atom stereocenters. The summed E-state index contributed by atoms with van der Waals surface area (Å²) in [6, 6.07) is 20.4. The van der Waals surface area contributed by atoms with Gasteiger partial charge >= 0.3 is 0 Å². The Labute approximate surface area is 184 Å². The third kappa shape index (κ3) is 5.61. The molecule has 3 aromatic rings. The number of hydrogen-bond acceptors (Lipinski definition) is 3. The molecule has 4 nitrogen and oxygen atoms in total. The van der Waals surface area contributed by atoms with Crippen molar-refractivity contribution < 1.29 is 4.79 Å². The van der Waals surface area contributed by atoms with Crippen LogP contribution in [0.2, 0.25) is 0 Å². The Morgan fingerprint density at radius 1 is 1.17 bits per heavy atom. The molecule has 3 rings (SSSR count). The molecule has 0 saturated heterocycles. The van der Waals surface area contributed by atoms with Crippen molar-refractivity contribution in [3.8, 4) is 5.69 Å². The molecule has 0 spiro atoms. The van der Waals surface area contributed by atoms with E-state index >= 15 is 0 Å². The van der Waals surface area contributed by atoms with Crippen LogP contribution in [-0.4, -0.2) is 21.9 Å². The molecule has 0 aliphatic heterocycles. The number of aromatic nitrogens is 1. The Morgan fingerprint density at radius 3 is 2.66 bits per heavy atom. The maximum absolute atomic E-state index is 12.3. The first kappa shape index (κ1) is 21.4. The Kier molecular flexibility index (Phi) is 7.34. The quantitative estimate of drug-likeness (QED) is 0.360. The molecule has 0 bridgehead atoms. The van der Waals surface area contributed by atoms with Crippen molar-refractivity contribution in [1.29, 1.82) is 0 Å². The van der Waals surface area contributed by atoms with Crippen LogP contribution in [0.5, 0.6) is 0 Å². The number of nitrogens with zero attached hydrogens (tertiary/aromatic N) is 2. The van der Waals surface area contributed by atoms with Crippen molar-refractivity contribution in [2.24, 2.45) is 5.10 Å². The third-order valence-electron chi connectivity index (χ3n) is 4.63. The van der Waals surface area contributed by atoms with Gasteiger partial charge in [0.05, 0.1) is 11.5 Å². The SMILES string of the molecule is Cc1cc(/C=N\NC(=O)[C@@H](C)SCc2ccccc2)c(C)n1-c1cccc(Br)c1. The average Bonchev–Trinajstić information content (AvgIpc) is 3.00. The van der Waals surface area contributed by atoms with Gasteiger partial charge in [0.25, 0.3) is 5.91 Å². The van der Waals surface area contributed by atoms with Crippen LogP contribution in [0.1, 0.15) is 29.4 Å². The first-order valence-corrected chi connectivity index (χ1v) is 11.2. The van der Waals surface area contributed by atoms with Crippen LogP contribution in [-0.2, 0) is 10.5 Å². The van der Waals surface area contributed by atoms with Gasteiger partial charge < -0.3 is 4.57 Å². The van der Waals surface area contributed by atoms with Crippen molar-refractivity contribution in [1.82, 2.24) is 9.99 Å². The number of rotatable bonds is 7. The van der Waals surface area contributed by atoms with Crippen LogP contribution in [0, 0.1) is 13.8 Å². The Bertz CT molecular complexity index is 1010. The van der Waals surface area contributed by atoms with Gasteiger partial charge in [-0.05, 0) is 50.6 Å². The summed E-state index contributed by atoms with van der Waals surface area (Å²) in [5, 5.41) is 4.00. The molecule has 1 amide bonds. The number of halogens is 1. The fourth-order valence-electron chi connectivity index (χ4n) is 3.06. The van der Waals surface area contributed by atoms with Crippen LogP contribution in [0.15, 0.2) is 70.2 Å². The lowest BCUT2D eigenvalue weighted by Gasteiger charge is -2.10. The van der Waals surface area contributed by atoms with Gasteiger partial charge in [-0.3, -0.25) is 4.79 Å². The fourth-order valence-corrected chi connectivity index (χ4v) is 4.28. The van der Waals surface area contributed by atoms with Gasteiger partial charge in [0, 0.05) is 32.9 Å². The second-order valence-electron chi connectivity index (χ2n) is 6.81. The standard InChI is InChI=1S/C23H24BrN3OS/c1-16-12-20(17(2)27(16)22-11-7-10-21(24)13-22)14-25-26-23(28)18(3)29-15-19-8-5-4-6-9-19/h4-14,18H,15H2,1-3H3,(H,26,28)/b25-14-/t18-/m1/s1. The Balaban J connectivity index is 1.61. The van der Waals surface area contributed by atoms with Gasteiger partial charge in [0.2, 0.25) is 0 Å². The highest BCUT2D eigenvalue weighted by molar-refractivity contribution is 9.10. The zero-order chi connectivity index (χ0) is 20.8. The molecular formula is C23H24BrN3OS. The number of aryl methyl sites for hydroxylation is 1. The highest BCUT2D eigenvalue weighted by Crippen LogP contribution is 2.22. The molecule has 0 fully saturated rings. The molecule has 2 aromatic carbocycles. The minimum absolute atomic E-state index is 0.0945. The molecule has 1 atom stereocenters. The van der Waals surface area contributed by atoms with E-state index in [9.17, 15) is 4.79 Å². The highest BCUT2D eigenvalue weighted by atomic mass is 79.9. The molecule has 0 radical (unpaired) electrons. The second-order valence-corrected chi connectivity index (χ2v) is 9.06. The largest absolute Gasteiger partial charge is 0.318 e. The first-order valence-electron chi connectivity index (χ1n) is 9.39. The molecular weight excluding hydrogens is 446 g/mol. The summed E-state index contributed by atoms with van der Waals surface area (Å²) in [5.41, 5.74) is 8.13. The van der Waals surface area contributed by atoms with E-state index in [2.05, 4.69) is 75.2 Å². The second kappa shape index (κ2) is 9.94. The summed E-state index contributed by atoms with van der Waals surface area (Å²) in [6.07, 6.45) is 1.71. The number of nitrogens with one attached hydrogen (secondary N) is 1. The summed E-state index contributed by atoms with van der Waals surface area (Å²) >= 11 is 5.12. The number of carbonyl (C=O) groups excluding carboxylic acids is 1. The molecule has 29 heavy (non-hydrogen) atoms. The Hall–Kier alpha value is -2.31. The molecule has 0 aliphatic rings. The van der Waals surface area contributed by atoms with Crippen molar-refractivity contribution in [2.45, 2.75) is 31.8 Å². The summed E-state index contributed by atoms with van der Waals surface area (Å²) in [7, 11) is 0. The van der Waals surface area contributed by atoms with Gasteiger partial charge in [-0.1, -0.05) is 52.3 Å². The van der Waals surface area contributed by atoms with E-state index in [0.29, 0.717) is 0 Å². The number of amides is 1. The minimum atomic E-state index is -0.179. The van der Waals surface area contributed by atoms with Crippen LogP contribution in [0.4, 0.5) is 0 Å². The van der Waals surface area contributed by atoms with E-state index in [-0.39, 0.29) is 11.2 Å². The van der Waals surface area contributed by atoms with Crippen LogP contribution in [0.25, 0.3) is 5.69 Å². The lowest BCUT2D eigenvalue weighted by atomic mass is 10.2. The zero-order valence-corrected chi connectivity index (χ0v) is 19.1. The monoisotopic (exact) mass is 469 g/mol. The van der Waals surface area contributed by atoms with E-state index in [1.54, 1.807) is 18.0 Å². The number of hydrogen-bond donors (Lipinski definition) is 1. The zero-order valence-electron chi connectivity index (χ0n) is 16.7. The topological polar surface area (TPSA) is 46.4 Å². The predicted octanol–water partition coefficient (Wildman–Crippen LogP) is 5.63. The molecule has 150 valence electrons. The molecule has 1 aromatic heterocycles. The molecule has 6 heteroatoms. The van der Waals surface area contributed by atoms with Crippen molar-refractivity contribution in [2.75, 3.05) is 0 Å². The van der Waals surface area contributed by atoms with Gasteiger partial charge in [-0.2, -0.15) is 5.10 Å². The van der Waals surface area contributed by atoms with Crippen LogP contribution in [0.3, 0.4) is 0 Å². The van der Waals surface area contributed by atoms with Crippen LogP contribution < -0.4 is 5.43 Å². The normalized spacial score (nSPS) is 12.3. The van der Waals surface area contributed by atoms with Gasteiger partial charge in [-0.15, -0.1) is 11.8 Å². The summed E-state index contributed by atoms with van der Waals surface area (Å²) in [4.78, 5) is 12.3.